The standard InChI is InChI=1S/C14H12N2O4/c17-12(8-13(18)14(19)20)11-2-1-10(16-11)7-9-3-5-15-6-4-9/h1-6,16H,7-8H2,(H,19,20). The second-order valence-corrected chi connectivity index (χ2v) is 4.26. The molecule has 6 nitrogen and oxygen atoms in total. The van der Waals surface area contributed by atoms with E-state index in [0.717, 1.165) is 11.3 Å². The number of aliphatic carboxylic acids is 1. The third-order valence-corrected chi connectivity index (χ3v) is 2.75. The highest BCUT2D eigenvalue weighted by atomic mass is 16.4. The average molecular weight is 272 g/mol. The number of hydrogen-bond donors (Lipinski definition) is 2. The number of nitrogens with one attached hydrogen (secondary N) is 1. The lowest BCUT2D eigenvalue weighted by molar-refractivity contribution is -0.148. The number of carbonyl (C=O) groups excluding carboxylic acids is 2. The monoisotopic (exact) mass is 272 g/mol. The van der Waals surface area contributed by atoms with Crippen molar-refractivity contribution in [3.8, 4) is 0 Å². The number of carboxylic acid groups (broad SMARTS) is 1. The normalized spacial score (nSPS) is 10.2. The molecule has 2 N–H and O–H groups in total. The average Bonchev–Trinajstić information content (AvgIpc) is 2.88. The summed E-state index contributed by atoms with van der Waals surface area (Å²) in [6.45, 7) is 0. The summed E-state index contributed by atoms with van der Waals surface area (Å²) >= 11 is 0. The van der Waals surface area contributed by atoms with Gasteiger partial charge in [-0.1, -0.05) is 0 Å². The molecule has 0 unspecified atom stereocenters. The van der Waals surface area contributed by atoms with Crippen LogP contribution in [-0.2, 0) is 16.0 Å². The predicted molar refractivity (Wildman–Crippen MR) is 69.4 cm³/mol. The fourth-order valence-electron chi connectivity index (χ4n) is 1.74. The molecule has 0 radical (unpaired) electrons. The minimum atomic E-state index is -1.60. The van der Waals surface area contributed by atoms with Crippen LogP contribution in [0.3, 0.4) is 0 Å². The second kappa shape index (κ2) is 5.92. The molecule has 0 saturated carbocycles. The van der Waals surface area contributed by atoms with Crippen molar-refractivity contribution in [3.63, 3.8) is 0 Å². The van der Waals surface area contributed by atoms with E-state index in [2.05, 4.69) is 9.97 Å². The number of pyridine rings is 1. The van der Waals surface area contributed by atoms with Crippen LogP contribution in [0.4, 0.5) is 0 Å². The van der Waals surface area contributed by atoms with Crippen LogP contribution >= 0.6 is 0 Å². The Bertz CT molecular complexity index is 646. The lowest BCUT2D eigenvalue weighted by atomic mass is 10.1. The lowest BCUT2D eigenvalue weighted by Gasteiger charge is -1.98. The molecule has 0 aromatic carbocycles. The molecule has 0 aliphatic rings. The molecule has 2 heterocycles. The van der Waals surface area contributed by atoms with E-state index >= 15 is 0 Å². The molecule has 0 fully saturated rings. The molecular formula is C14H12N2O4. The molecule has 0 bridgehead atoms. The van der Waals surface area contributed by atoms with E-state index in [0.29, 0.717) is 6.42 Å². The van der Waals surface area contributed by atoms with Crippen molar-refractivity contribution >= 4 is 17.5 Å². The number of aromatic amines is 1. The Hall–Kier alpha value is -2.76. The molecule has 2 aromatic heterocycles. The third-order valence-electron chi connectivity index (χ3n) is 2.75. The zero-order valence-corrected chi connectivity index (χ0v) is 10.5. The Morgan fingerprint density at radius 3 is 2.45 bits per heavy atom. The van der Waals surface area contributed by atoms with Crippen molar-refractivity contribution < 1.29 is 19.5 Å². The summed E-state index contributed by atoms with van der Waals surface area (Å²) in [5.74, 6) is -3.24. The molecular weight excluding hydrogens is 260 g/mol. The van der Waals surface area contributed by atoms with Gasteiger partial charge < -0.3 is 10.1 Å². The maximum absolute atomic E-state index is 11.7. The number of nitrogens with zero attached hydrogens (tertiary/aromatic N) is 1. The highest BCUT2D eigenvalue weighted by Crippen LogP contribution is 2.10. The summed E-state index contributed by atoms with van der Waals surface area (Å²) in [5.41, 5.74) is 2.08. The number of rotatable bonds is 6. The molecule has 2 rings (SSSR count). The molecule has 0 amide bonds. The van der Waals surface area contributed by atoms with Crippen LogP contribution in [0, 0.1) is 0 Å². The van der Waals surface area contributed by atoms with E-state index < -0.39 is 24.0 Å². The van der Waals surface area contributed by atoms with Crippen molar-refractivity contribution in [2.45, 2.75) is 12.8 Å². The van der Waals surface area contributed by atoms with Crippen LogP contribution in [0.2, 0.25) is 0 Å². The summed E-state index contributed by atoms with van der Waals surface area (Å²) in [6.07, 6.45) is 3.32. The van der Waals surface area contributed by atoms with Gasteiger partial charge in [-0.2, -0.15) is 0 Å². The van der Waals surface area contributed by atoms with Crippen molar-refractivity contribution in [1.29, 1.82) is 0 Å². The largest absolute Gasteiger partial charge is 0.475 e. The number of H-pyrrole nitrogens is 1. The van der Waals surface area contributed by atoms with E-state index in [1.54, 1.807) is 24.5 Å². The maximum atomic E-state index is 11.7. The second-order valence-electron chi connectivity index (χ2n) is 4.26. The van der Waals surface area contributed by atoms with E-state index in [4.69, 9.17) is 5.11 Å². The summed E-state index contributed by atoms with van der Waals surface area (Å²) in [5, 5.41) is 8.46. The van der Waals surface area contributed by atoms with Crippen molar-refractivity contribution in [2.75, 3.05) is 0 Å². The molecule has 102 valence electrons. The van der Waals surface area contributed by atoms with Gasteiger partial charge in [0.2, 0.25) is 5.78 Å². The molecule has 20 heavy (non-hydrogen) atoms. The van der Waals surface area contributed by atoms with Gasteiger partial charge in [0.05, 0.1) is 12.1 Å². The Balaban J connectivity index is 2.04. The Morgan fingerprint density at radius 2 is 1.80 bits per heavy atom. The first-order chi connectivity index (χ1) is 9.56. The zero-order chi connectivity index (χ0) is 14.5. The summed E-state index contributed by atoms with van der Waals surface area (Å²) in [4.78, 5) is 39.9. The summed E-state index contributed by atoms with van der Waals surface area (Å²) in [6, 6.07) is 7.00. The van der Waals surface area contributed by atoms with Gasteiger partial charge >= 0.3 is 5.97 Å². The first kappa shape index (κ1) is 13.7. The van der Waals surface area contributed by atoms with Gasteiger partial charge in [-0.25, -0.2) is 4.79 Å². The van der Waals surface area contributed by atoms with Crippen molar-refractivity contribution in [2.24, 2.45) is 0 Å². The number of hydrogen-bond acceptors (Lipinski definition) is 4. The van der Waals surface area contributed by atoms with Crippen molar-refractivity contribution in [1.82, 2.24) is 9.97 Å². The van der Waals surface area contributed by atoms with E-state index in [1.165, 1.54) is 0 Å². The Kier molecular flexibility index (Phi) is 4.05. The zero-order valence-electron chi connectivity index (χ0n) is 10.5. The minimum absolute atomic E-state index is 0.239. The first-order valence-electron chi connectivity index (χ1n) is 5.92. The number of carbonyl (C=O) groups is 3. The maximum Gasteiger partial charge on any atom is 0.372 e. The minimum Gasteiger partial charge on any atom is -0.475 e. The van der Waals surface area contributed by atoms with E-state index in [9.17, 15) is 14.4 Å². The third kappa shape index (κ3) is 3.38. The Morgan fingerprint density at radius 1 is 1.10 bits per heavy atom. The van der Waals surface area contributed by atoms with Gasteiger partial charge in [0.25, 0.3) is 0 Å². The van der Waals surface area contributed by atoms with Gasteiger partial charge in [0.15, 0.2) is 5.78 Å². The van der Waals surface area contributed by atoms with Gasteiger partial charge in [-0.3, -0.25) is 14.6 Å². The van der Waals surface area contributed by atoms with Gasteiger partial charge in [0, 0.05) is 24.5 Å². The molecule has 6 heteroatoms. The van der Waals surface area contributed by atoms with Crippen LogP contribution in [0.1, 0.15) is 28.2 Å². The smallest absolute Gasteiger partial charge is 0.372 e. The number of Topliss-reactive ketones (excluding diaryl/α,β-unsaturated/α-hetero) is 2. The van der Waals surface area contributed by atoms with Crippen LogP contribution in [0.5, 0.6) is 0 Å². The molecule has 2 aromatic rings. The summed E-state index contributed by atoms with van der Waals surface area (Å²) in [7, 11) is 0. The number of ketones is 2. The first-order valence-corrected chi connectivity index (χ1v) is 5.92. The lowest BCUT2D eigenvalue weighted by Crippen LogP contribution is -2.17. The fraction of sp³-hybridized carbons (Fsp3) is 0.143. The van der Waals surface area contributed by atoms with Gasteiger partial charge in [-0.05, 0) is 29.8 Å². The molecule has 0 aliphatic carbocycles. The van der Waals surface area contributed by atoms with Crippen LogP contribution < -0.4 is 0 Å². The summed E-state index contributed by atoms with van der Waals surface area (Å²) < 4.78 is 0. The molecule has 0 saturated heterocycles. The van der Waals surface area contributed by atoms with Crippen LogP contribution in [0.15, 0.2) is 36.7 Å². The topological polar surface area (TPSA) is 100 Å². The predicted octanol–water partition coefficient (Wildman–Crippen LogP) is 1.23. The quantitative estimate of drug-likeness (QED) is 0.468. The molecule has 0 aliphatic heterocycles. The number of carboxylic acids is 1. The van der Waals surface area contributed by atoms with Crippen LogP contribution in [0.25, 0.3) is 0 Å². The van der Waals surface area contributed by atoms with E-state index in [1.807, 2.05) is 12.1 Å². The van der Waals surface area contributed by atoms with E-state index in [-0.39, 0.29) is 5.69 Å². The van der Waals surface area contributed by atoms with Crippen molar-refractivity contribution in [3.05, 3.63) is 53.6 Å². The SMILES string of the molecule is O=C(O)C(=O)CC(=O)c1ccc(Cc2ccncc2)[nH]1. The number of aromatic nitrogens is 2. The Labute approximate surface area is 114 Å². The fourth-order valence-corrected chi connectivity index (χ4v) is 1.74. The highest BCUT2D eigenvalue weighted by Gasteiger charge is 2.18. The molecule has 0 spiro atoms. The molecule has 0 atom stereocenters. The van der Waals surface area contributed by atoms with Gasteiger partial charge in [-0.15, -0.1) is 0 Å². The highest BCUT2D eigenvalue weighted by molar-refractivity contribution is 6.37. The van der Waals surface area contributed by atoms with Crippen LogP contribution in [-0.4, -0.2) is 32.6 Å². The van der Waals surface area contributed by atoms with Gasteiger partial charge in [0.1, 0.15) is 0 Å².